The fraction of sp³-hybridized carbons (Fsp3) is 0.118. The molecule has 0 spiro atoms. The highest BCUT2D eigenvalue weighted by atomic mass is 32.2. The normalized spacial score (nSPS) is 11.0. The van der Waals surface area contributed by atoms with E-state index in [2.05, 4.69) is 15.2 Å². The molecular formula is C17H15N5OS. The van der Waals surface area contributed by atoms with Crippen LogP contribution < -0.4 is 4.74 Å². The number of hydrogen-bond acceptors (Lipinski definition) is 5. The molecule has 0 amide bonds. The third-order valence-electron chi connectivity index (χ3n) is 3.62. The van der Waals surface area contributed by atoms with Crippen LogP contribution in [0.15, 0.2) is 66.3 Å². The summed E-state index contributed by atoms with van der Waals surface area (Å²) < 4.78 is 9.37. The second-order valence-electron chi connectivity index (χ2n) is 5.14. The fourth-order valence-electron chi connectivity index (χ4n) is 2.51. The smallest absolute Gasteiger partial charge is 0.196 e. The van der Waals surface area contributed by atoms with E-state index in [-0.39, 0.29) is 0 Å². The number of ether oxygens (including phenoxy) is 1. The van der Waals surface area contributed by atoms with Gasteiger partial charge in [0.05, 0.1) is 18.5 Å². The Bertz CT molecular complexity index is 945. The van der Waals surface area contributed by atoms with E-state index >= 15 is 0 Å². The molecule has 7 heteroatoms. The number of thioether (sulfide) groups is 1. The molecule has 0 N–H and O–H groups in total. The molecule has 0 aliphatic rings. The van der Waals surface area contributed by atoms with Gasteiger partial charge in [-0.05, 0) is 24.3 Å². The summed E-state index contributed by atoms with van der Waals surface area (Å²) in [6.45, 7) is 0. The van der Waals surface area contributed by atoms with Crippen molar-refractivity contribution in [1.82, 2.24) is 24.1 Å². The second-order valence-corrected chi connectivity index (χ2v) is 6.08. The van der Waals surface area contributed by atoms with Crippen LogP contribution in [0.4, 0.5) is 0 Å². The number of benzene rings is 1. The third-order valence-corrected chi connectivity index (χ3v) is 4.60. The summed E-state index contributed by atoms with van der Waals surface area (Å²) in [4.78, 5) is 4.61. The minimum Gasteiger partial charge on any atom is -0.495 e. The summed E-state index contributed by atoms with van der Waals surface area (Å²) in [6.07, 6.45) is 5.73. The minimum absolute atomic E-state index is 0.718. The average Bonchev–Trinajstić information content (AvgIpc) is 3.26. The molecule has 0 atom stereocenters. The number of aromatic nitrogens is 5. The molecule has 3 aromatic heterocycles. The summed E-state index contributed by atoms with van der Waals surface area (Å²) in [5.41, 5.74) is 2.86. The first kappa shape index (κ1) is 14.8. The van der Waals surface area contributed by atoms with Crippen molar-refractivity contribution in [3.05, 3.63) is 66.9 Å². The highest BCUT2D eigenvalue weighted by Gasteiger charge is 2.12. The summed E-state index contributed by atoms with van der Waals surface area (Å²) >= 11 is 1.59. The molecule has 24 heavy (non-hydrogen) atoms. The van der Waals surface area contributed by atoms with Gasteiger partial charge in [-0.25, -0.2) is 4.98 Å². The molecule has 6 nitrogen and oxygen atoms in total. The molecular weight excluding hydrogens is 322 g/mol. The quantitative estimate of drug-likeness (QED) is 0.523. The highest BCUT2D eigenvalue weighted by molar-refractivity contribution is 7.98. The average molecular weight is 337 g/mol. The van der Waals surface area contributed by atoms with Gasteiger partial charge in [-0.2, -0.15) is 0 Å². The molecule has 0 aliphatic heterocycles. The summed E-state index contributed by atoms with van der Waals surface area (Å²) in [7, 11) is 1.66. The Morgan fingerprint density at radius 2 is 2.00 bits per heavy atom. The lowest BCUT2D eigenvalue weighted by molar-refractivity contribution is 0.412. The van der Waals surface area contributed by atoms with E-state index < -0.39 is 0 Å². The van der Waals surface area contributed by atoms with Crippen LogP contribution in [0.2, 0.25) is 0 Å². The van der Waals surface area contributed by atoms with Crippen LogP contribution in [0, 0.1) is 0 Å². The molecule has 4 rings (SSSR count). The van der Waals surface area contributed by atoms with E-state index in [1.165, 1.54) is 0 Å². The maximum Gasteiger partial charge on any atom is 0.196 e. The minimum atomic E-state index is 0.718. The molecule has 4 aromatic rings. The van der Waals surface area contributed by atoms with Gasteiger partial charge in [0.15, 0.2) is 5.16 Å². The van der Waals surface area contributed by atoms with Crippen molar-refractivity contribution in [2.45, 2.75) is 10.9 Å². The maximum atomic E-state index is 5.43. The van der Waals surface area contributed by atoms with Crippen molar-refractivity contribution in [2.24, 2.45) is 0 Å². The number of rotatable bonds is 5. The van der Waals surface area contributed by atoms with Crippen LogP contribution in [0.1, 0.15) is 5.69 Å². The second kappa shape index (κ2) is 6.37. The highest BCUT2D eigenvalue weighted by Crippen LogP contribution is 2.28. The standard InChI is InChI=1S/C17H15N5OS/c1-23-15-7-3-2-6-14(15)22-12-18-20-17(22)24-11-13-10-21-9-5-4-8-16(21)19-13/h2-10,12H,11H2,1H3. The maximum absolute atomic E-state index is 5.43. The van der Waals surface area contributed by atoms with Crippen molar-refractivity contribution >= 4 is 17.4 Å². The van der Waals surface area contributed by atoms with Crippen molar-refractivity contribution in [3.63, 3.8) is 0 Å². The van der Waals surface area contributed by atoms with Crippen LogP contribution in [0.25, 0.3) is 11.3 Å². The van der Waals surface area contributed by atoms with Crippen molar-refractivity contribution in [1.29, 1.82) is 0 Å². The Morgan fingerprint density at radius 1 is 1.12 bits per heavy atom. The lowest BCUT2D eigenvalue weighted by Crippen LogP contribution is -1.98. The first-order valence-corrected chi connectivity index (χ1v) is 8.42. The molecule has 3 heterocycles. The van der Waals surface area contributed by atoms with Crippen molar-refractivity contribution in [2.75, 3.05) is 7.11 Å². The van der Waals surface area contributed by atoms with Gasteiger partial charge in [0.2, 0.25) is 0 Å². The zero-order valence-corrected chi connectivity index (χ0v) is 13.8. The summed E-state index contributed by atoms with van der Waals surface area (Å²) in [5.74, 6) is 1.50. The summed E-state index contributed by atoms with van der Waals surface area (Å²) in [6, 6.07) is 13.8. The van der Waals surface area contributed by atoms with Crippen LogP contribution in [-0.2, 0) is 5.75 Å². The zero-order valence-electron chi connectivity index (χ0n) is 13.0. The first-order chi connectivity index (χ1) is 11.8. The molecule has 0 saturated carbocycles. The Morgan fingerprint density at radius 3 is 2.88 bits per heavy atom. The van der Waals surface area contributed by atoms with E-state index in [4.69, 9.17) is 4.74 Å². The number of methoxy groups -OCH3 is 1. The first-order valence-electron chi connectivity index (χ1n) is 7.44. The van der Waals surface area contributed by atoms with E-state index in [1.54, 1.807) is 25.2 Å². The molecule has 120 valence electrons. The number of imidazole rings is 1. The van der Waals surface area contributed by atoms with Gasteiger partial charge in [-0.15, -0.1) is 10.2 Å². The number of para-hydroxylation sites is 2. The van der Waals surface area contributed by atoms with Gasteiger partial charge < -0.3 is 9.14 Å². The van der Waals surface area contributed by atoms with Gasteiger partial charge in [-0.3, -0.25) is 4.57 Å². The van der Waals surface area contributed by atoms with Crippen LogP contribution in [0.5, 0.6) is 5.75 Å². The number of hydrogen-bond donors (Lipinski definition) is 0. The molecule has 0 saturated heterocycles. The predicted octanol–water partition coefficient (Wildman–Crippen LogP) is 3.22. The van der Waals surface area contributed by atoms with Gasteiger partial charge in [0.25, 0.3) is 0 Å². The van der Waals surface area contributed by atoms with E-state index in [1.807, 2.05) is 63.8 Å². The van der Waals surface area contributed by atoms with E-state index in [0.29, 0.717) is 0 Å². The lowest BCUT2D eigenvalue weighted by atomic mass is 10.3. The Hall–Kier alpha value is -2.80. The SMILES string of the molecule is COc1ccccc1-n1cnnc1SCc1cn2ccccc2n1. The van der Waals surface area contributed by atoms with Gasteiger partial charge in [0, 0.05) is 18.1 Å². The van der Waals surface area contributed by atoms with Crippen LogP contribution >= 0.6 is 11.8 Å². The monoisotopic (exact) mass is 337 g/mol. The van der Waals surface area contributed by atoms with Crippen LogP contribution in [-0.4, -0.2) is 31.3 Å². The molecule has 0 fully saturated rings. The van der Waals surface area contributed by atoms with E-state index in [0.717, 1.165) is 33.7 Å². The van der Waals surface area contributed by atoms with Crippen molar-refractivity contribution in [3.8, 4) is 11.4 Å². The Labute approximate surface area is 143 Å². The predicted molar refractivity (Wildman–Crippen MR) is 92.7 cm³/mol. The van der Waals surface area contributed by atoms with Crippen LogP contribution in [0.3, 0.4) is 0 Å². The summed E-state index contributed by atoms with van der Waals surface area (Å²) in [5, 5.41) is 9.07. The van der Waals surface area contributed by atoms with Gasteiger partial charge >= 0.3 is 0 Å². The topological polar surface area (TPSA) is 57.2 Å². The molecule has 1 aromatic carbocycles. The largest absolute Gasteiger partial charge is 0.495 e. The van der Waals surface area contributed by atoms with E-state index in [9.17, 15) is 0 Å². The Balaban J connectivity index is 1.59. The molecule has 0 radical (unpaired) electrons. The molecule has 0 aliphatic carbocycles. The zero-order chi connectivity index (χ0) is 16.4. The lowest BCUT2D eigenvalue weighted by Gasteiger charge is -2.10. The van der Waals surface area contributed by atoms with Gasteiger partial charge in [-0.1, -0.05) is 30.0 Å². The third kappa shape index (κ3) is 2.74. The molecule has 0 bridgehead atoms. The van der Waals surface area contributed by atoms with Gasteiger partial charge in [0.1, 0.15) is 17.7 Å². The Kier molecular flexibility index (Phi) is 3.92. The fourth-order valence-corrected chi connectivity index (χ4v) is 3.32. The number of pyridine rings is 1. The number of fused-ring (bicyclic) bond motifs is 1. The molecule has 0 unspecified atom stereocenters. The number of nitrogens with zero attached hydrogens (tertiary/aromatic N) is 5. The van der Waals surface area contributed by atoms with Crippen molar-refractivity contribution < 1.29 is 4.74 Å².